The number of nitrogens with one attached hydrogen (secondary N) is 1. The summed E-state index contributed by atoms with van der Waals surface area (Å²) in [5.41, 5.74) is 1.11. The molecule has 1 saturated heterocycles. The van der Waals surface area contributed by atoms with Gasteiger partial charge in [0.25, 0.3) is 5.91 Å². The molecule has 1 N–H and O–H groups in total. The number of oxazole rings is 1. The van der Waals surface area contributed by atoms with Crippen LogP contribution in [0.25, 0.3) is 0 Å². The number of benzene rings is 1. The summed E-state index contributed by atoms with van der Waals surface area (Å²) < 4.78 is 10.3. The number of carbonyl (C=O) groups excluding carboxylic acids is 1. The van der Waals surface area contributed by atoms with Crippen molar-refractivity contribution in [2.45, 2.75) is 18.6 Å². The Labute approximate surface area is 110 Å². The zero-order chi connectivity index (χ0) is 13.1. The van der Waals surface area contributed by atoms with Gasteiger partial charge < -0.3 is 14.5 Å². The lowest BCUT2D eigenvalue weighted by Crippen LogP contribution is -2.33. The van der Waals surface area contributed by atoms with Gasteiger partial charge in [-0.15, -0.1) is 0 Å². The zero-order valence-electron chi connectivity index (χ0n) is 10.3. The van der Waals surface area contributed by atoms with Crippen molar-refractivity contribution in [2.24, 2.45) is 0 Å². The summed E-state index contributed by atoms with van der Waals surface area (Å²) in [7, 11) is 0. The van der Waals surface area contributed by atoms with Crippen LogP contribution in [-0.4, -0.2) is 23.6 Å². The Morgan fingerprint density at radius 3 is 2.84 bits per heavy atom. The van der Waals surface area contributed by atoms with E-state index in [0.29, 0.717) is 18.9 Å². The number of rotatable bonds is 5. The molecule has 1 aliphatic heterocycles. The van der Waals surface area contributed by atoms with Gasteiger partial charge in [0.05, 0.1) is 12.8 Å². The molecule has 1 fully saturated rings. The lowest BCUT2D eigenvalue weighted by atomic mass is 10.1. The van der Waals surface area contributed by atoms with Gasteiger partial charge in [-0.05, 0) is 5.56 Å². The second kappa shape index (κ2) is 5.24. The fourth-order valence-electron chi connectivity index (χ4n) is 1.92. The van der Waals surface area contributed by atoms with Gasteiger partial charge in [-0.3, -0.25) is 4.79 Å². The molecule has 19 heavy (non-hydrogen) atoms. The molecule has 2 heterocycles. The summed E-state index contributed by atoms with van der Waals surface area (Å²) >= 11 is 0. The van der Waals surface area contributed by atoms with Crippen LogP contribution in [0.2, 0.25) is 0 Å². The van der Waals surface area contributed by atoms with E-state index in [9.17, 15) is 4.79 Å². The molecule has 0 radical (unpaired) electrons. The average molecular weight is 258 g/mol. The zero-order valence-corrected chi connectivity index (χ0v) is 10.3. The van der Waals surface area contributed by atoms with Crippen molar-refractivity contribution in [1.82, 2.24) is 10.3 Å². The van der Waals surface area contributed by atoms with Crippen LogP contribution in [0.5, 0.6) is 0 Å². The molecule has 1 aromatic carbocycles. The Kier molecular flexibility index (Phi) is 3.29. The second-order valence-electron chi connectivity index (χ2n) is 4.44. The molecule has 1 aromatic heterocycles. The number of aromatic nitrogens is 1. The highest BCUT2D eigenvalue weighted by Crippen LogP contribution is 2.19. The monoisotopic (exact) mass is 258 g/mol. The number of ether oxygens (including phenoxy) is 1. The summed E-state index contributed by atoms with van der Waals surface area (Å²) in [6, 6.07) is 9.64. The molecule has 2 atom stereocenters. The second-order valence-corrected chi connectivity index (χ2v) is 4.44. The molecule has 1 amide bonds. The van der Waals surface area contributed by atoms with Gasteiger partial charge in [-0.25, -0.2) is 4.98 Å². The van der Waals surface area contributed by atoms with Gasteiger partial charge in [-0.2, -0.15) is 0 Å². The average Bonchev–Trinajstić information content (AvgIpc) is 3.15. The third-order valence-corrected chi connectivity index (χ3v) is 2.97. The van der Waals surface area contributed by atoms with E-state index in [0.717, 1.165) is 5.56 Å². The number of hydrogen-bond acceptors (Lipinski definition) is 4. The SMILES string of the molecule is O=C(NC(Cc1ccccc1)c1ncco1)C1CO1. The quantitative estimate of drug-likeness (QED) is 0.825. The first-order valence-electron chi connectivity index (χ1n) is 6.18. The lowest BCUT2D eigenvalue weighted by molar-refractivity contribution is -0.123. The van der Waals surface area contributed by atoms with Gasteiger partial charge in [0, 0.05) is 6.42 Å². The van der Waals surface area contributed by atoms with Crippen LogP contribution in [0.1, 0.15) is 17.5 Å². The van der Waals surface area contributed by atoms with Gasteiger partial charge >= 0.3 is 0 Å². The van der Waals surface area contributed by atoms with E-state index in [-0.39, 0.29) is 18.1 Å². The van der Waals surface area contributed by atoms with Gasteiger partial charge in [0.2, 0.25) is 5.89 Å². The van der Waals surface area contributed by atoms with Crippen LogP contribution in [0.15, 0.2) is 47.2 Å². The Balaban J connectivity index is 1.74. The number of epoxide rings is 1. The Bertz CT molecular complexity index is 535. The molecule has 0 bridgehead atoms. The summed E-state index contributed by atoms with van der Waals surface area (Å²) in [5.74, 6) is 0.400. The number of carbonyl (C=O) groups is 1. The van der Waals surface area contributed by atoms with Gasteiger partial charge in [-0.1, -0.05) is 30.3 Å². The number of nitrogens with zero attached hydrogens (tertiary/aromatic N) is 1. The Morgan fingerprint density at radius 1 is 1.42 bits per heavy atom. The number of hydrogen-bond donors (Lipinski definition) is 1. The first-order valence-corrected chi connectivity index (χ1v) is 6.18. The minimum absolute atomic E-state index is 0.112. The van der Waals surface area contributed by atoms with E-state index in [2.05, 4.69) is 10.3 Å². The fourth-order valence-corrected chi connectivity index (χ4v) is 1.92. The minimum Gasteiger partial charge on any atom is -0.447 e. The predicted octanol–water partition coefficient (Wildman–Crippen LogP) is 1.47. The highest BCUT2D eigenvalue weighted by molar-refractivity contribution is 5.83. The highest BCUT2D eigenvalue weighted by Gasteiger charge is 2.33. The molecule has 1 aliphatic rings. The van der Waals surface area contributed by atoms with E-state index >= 15 is 0 Å². The minimum atomic E-state index is -0.312. The van der Waals surface area contributed by atoms with Crippen molar-refractivity contribution in [3.63, 3.8) is 0 Å². The first-order chi connectivity index (χ1) is 9.33. The van der Waals surface area contributed by atoms with E-state index in [1.807, 2.05) is 30.3 Å². The van der Waals surface area contributed by atoms with Crippen molar-refractivity contribution < 1.29 is 13.9 Å². The summed E-state index contributed by atoms with van der Waals surface area (Å²) in [5, 5.41) is 2.91. The lowest BCUT2D eigenvalue weighted by Gasteiger charge is -2.15. The fraction of sp³-hybridized carbons (Fsp3) is 0.286. The van der Waals surface area contributed by atoms with E-state index in [1.165, 1.54) is 6.26 Å². The molecule has 2 aromatic rings. The Morgan fingerprint density at radius 2 is 2.21 bits per heavy atom. The van der Waals surface area contributed by atoms with Gasteiger partial charge in [0.1, 0.15) is 12.3 Å². The molecule has 5 heteroatoms. The maximum absolute atomic E-state index is 11.8. The van der Waals surface area contributed by atoms with Crippen LogP contribution in [0.3, 0.4) is 0 Å². The first kappa shape index (κ1) is 11.9. The smallest absolute Gasteiger partial charge is 0.252 e. The van der Waals surface area contributed by atoms with Gasteiger partial charge in [0.15, 0.2) is 6.10 Å². The molecule has 5 nitrogen and oxygen atoms in total. The molecular weight excluding hydrogens is 244 g/mol. The topological polar surface area (TPSA) is 67.7 Å². The van der Waals surface area contributed by atoms with E-state index in [4.69, 9.17) is 9.15 Å². The Hall–Kier alpha value is -2.14. The summed E-state index contributed by atoms with van der Waals surface area (Å²) in [4.78, 5) is 15.9. The van der Waals surface area contributed by atoms with Crippen LogP contribution < -0.4 is 5.32 Å². The van der Waals surface area contributed by atoms with Crippen LogP contribution in [-0.2, 0) is 16.0 Å². The van der Waals surface area contributed by atoms with Crippen molar-refractivity contribution in [2.75, 3.05) is 6.61 Å². The summed E-state index contributed by atoms with van der Waals surface area (Å²) in [6.07, 6.45) is 3.41. The molecule has 0 aliphatic carbocycles. The number of amides is 1. The van der Waals surface area contributed by atoms with Crippen LogP contribution in [0.4, 0.5) is 0 Å². The maximum Gasteiger partial charge on any atom is 0.252 e. The van der Waals surface area contributed by atoms with E-state index < -0.39 is 0 Å². The third kappa shape index (κ3) is 3.00. The third-order valence-electron chi connectivity index (χ3n) is 2.97. The van der Waals surface area contributed by atoms with Crippen molar-refractivity contribution >= 4 is 5.91 Å². The largest absolute Gasteiger partial charge is 0.447 e. The standard InChI is InChI=1S/C14H14N2O3/c17-13(12-9-19-12)16-11(14-15-6-7-18-14)8-10-4-2-1-3-5-10/h1-7,11-12H,8-9H2,(H,16,17). The molecular formula is C14H14N2O3. The van der Waals surface area contributed by atoms with Crippen molar-refractivity contribution in [3.05, 3.63) is 54.2 Å². The molecule has 3 rings (SSSR count). The van der Waals surface area contributed by atoms with Crippen molar-refractivity contribution in [1.29, 1.82) is 0 Å². The molecule has 0 spiro atoms. The predicted molar refractivity (Wildman–Crippen MR) is 67.3 cm³/mol. The van der Waals surface area contributed by atoms with Crippen LogP contribution in [0, 0.1) is 0 Å². The van der Waals surface area contributed by atoms with Crippen LogP contribution >= 0.6 is 0 Å². The summed E-state index contributed by atoms with van der Waals surface area (Å²) in [6.45, 7) is 0.496. The molecule has 0 saturated carbocycles. The highest BCUT2D eigenvalue weighted by atomic mass is 16.6. The van der Waals surface area contributed by atoms with Crippen molar-refractivity contribution in [3.8, 4) is 0 Å². The maximum atomic E-state index is 11.8. The van der Waals surface area contributed by atoms with E-state index in [1.54, 1.807) is 6.20 Å². The normalized spacial score (nSPS) is 18.8. The molecule has 98 valence electrons. The molecule has 2 unspecified atom stereocenters.